The van der Waals surface area contributed by atoms with E-state index in [1.54, 1.807) is 7.11 Å². The maximum absolute atomic E-state index is 5.23. The van der Waals surface area contributed by atoms with Crippen LogP contribution in [0.25, 0.3) is 0 Å². The average molecular weight is 142 g/mol. The van der Waals surface area contributed by atoms with Gasteiger partial charge in [0.2, 0.25) is 0 Å². The van der Waals surface area contributed by atoms with Gasteiger partial charge in [-0.05, 0) is 12.1 Å². The van der Waals surface area contributed by atoms with Crippen LogP contribution in [0.4, 0.5) is 0 Å². The summed E-state index contributed by atoms with van der Waals surface area (Å²) in [6, 6.07) is 2.09. The number of allylic oxidation sites excluding steroid dienone is 2. The molecule has 0 unspecified atom stereocenters. The molecule has 0 heterocycles. The van der Waals surface area contributed by atoms with Gasteiger partial charge in [0.05, 0.1) is 0 Å². The van der Waals surface area contributed by atoms with E-state index in [9.17, 15) is 0 Å². The van der Waals surface area contributed by atoms with Gasteiger partial charge in [0, 0.05) is 7.11 Å². The quantitative estimate of drug-likeness (QED) is 0.419. The normalized spacial score (nSPS) is 9.56. The van der Waals surface area contributed by atoms with Crippen LogP contribution in [0.1, 0.15) is 0 Å². The maximum Gasteiger partial charge on any atom is 0.183 e. The highest BCUT2D eigenvalue weighted by Gasteiger charge is 2.03. The molecule has 9 heavy (non-hydrogen) atoms. The van der Waals surface area contributed by atoms with Crippen molar-refractivity contribution in [3.63, 3.8) is 0 Å². The van der Waals surface area contributed by atoms with Gasteiger partial charge >= 0.3 is 0 Å². The minimum absolute atomic E-state index is 0.949. The Morgan fingerprint density at radius 3 is 2.00 bits per heavy atom. The minimum atomic E-state index is -0.949. The molecule has 0 saturated heterocycles. The first-order valence-corrected chi connectivity index (χ1v) is 5.20. The van der Waals surface area contributed by atoms with Crippen LogP contribution >= 0.6 is 0 Å². The van der Waals surface area contributed by atoms with Gasteiger partial charge in [0.25, 0.3) is 0 Å². The Morgan fingerprint density at radius 2 is 1.78 bits per heavy atom. The summed E-state index contributed by atoms with van der Waals surface area (Å²) < 4.78 is 5.23. The van der Waals surface area contributed by atoms with Gasteiger partial charge in [-0.1, -0.05) is 12.2 Å². The van der Waals surface area contributed by atoms with Crippen molar-refractivity contribution in [1.82, 2.24) is 0 Å². The van der Waals surface area contributed by atoms with Gasteiger partial charge in [-0.25, -0.2) is 0 Å². The lowest BCUT2D eigenvalue weighted by atomic mass is 10.7. The zero-order valence-corrected chi connectivity index (χ0v) is 7.12. The van der Waals surface area contributed by atoms with Crippen LogP contribution in [0.15, 0.2) is 25.3 Å². The summed E-state index contributed by atoms with van der Waals surface area (Å²) in [5, 5.41) is 0. The average Bonchev–Trinajstić information content (AvgIpc) is 1.88. The van der Waals surface area contributed by atoms with Gasteiger partial charge in [0.15, 0.2) is 9.04 Å². The molecule has 0 aromatic rings. The fourth-order valence-corrected chi connectivity index (χ4v) is 1.98. The topological polar surface area (TPSA) is 9.23 Å². The second-order valence-corrected chi connectivity index (χ2v) is 4.56. The molecule has 0 aromatic heterocycles. The molecule has 0 bridgehead atoms. The van der Waals surface area contributed by atoms with E-state index >= 15 is 0 Å². The minimum Gasteiger partial charge on any atom is -0.423 e. The molecule has 0 aliphatic carbocycles. The smallest absolute Gasteiger partial charge is 0.183 e. The van der Waals surface area contributed by atoms with Gasteiger partial charge in [-0.3, -0.25) is 0 Å². The van der Waals surface area contributed by atoms with Crippen molar-refractivity contribution in [2.24, 2.45) is 0 Å². The summed E-state index contributed by atoms with van der Waals surface area (Å²) in [5.41, 5.74) is 0. The number of hydrogen-bond acceptors (Lipinski definition) is 1. The molecule has 1 nitrogen and oxygen atoms in total. The molecule has 0 radical (unpaired) electrons. The van der Waals surface area contributed by atoms with Gasteiger partial charge < -0.3 is 4.43 Å². The third kappa shape index (κ3) is 4.18. The molecule has 0 fully saturated rings. The first-order valence-electron chi connectivity index (χ1n) is 3.09. The molecule has 0 N–H and O–H groups in total. The Kier molecular flexibility index (Phi) is 5.57. The van der Waals surface area contributed by atoms with Crippen molar-refractivity contribution < 1.29 is 4.43 Å². The third-order valence-electron chi connectivity index (χ3n) is 1.19. The van der Waals surface area contributed by atoms with Crippen LogP contribution in [0.3, 0.4) is 0 Å². The summed E-state index contributed by atoms with van der Waals surface area (Å²) in [5.74, 6) is 0. The van der Waals surface area contributed by atoms with Crippen molar-refractivity contribution >= 4 is 9.04 Å². The van der Waals surface area contributed by atoms with E-state index in [0.717, 1.165) is 12.1 Å². The van der Waals surface area contributed by atoms with Crippen molar-refractivity contribution in [2.45, 2.75) is 12.1 Å². The van der Waals surface area contributed by atoms with Crippen LogP contribution < -0.4 is 0 Å². The van der Waals surface area contributed by atoms with E-state index < -0.39 is 9.04 Å². The first-order chi connectivity index (χ1) is 4.35. The van der Waals surface area contributed by atoms with Crippen molar-refractivity contribution in [3.05, 3.63) is 25.3 Å². The van der Waals surface area contributed by atoms with E-state index in [1.165, 1.54) is 0 Å². The molecule has 52 valence electrons. The molecule has 0 spiro atoms. The second kappa shape index (κ2) is 5.79. The largest absolute Gasteiger partial charge is 0.423 e. The molecule has 0 aliphatic rings. The molecule has 0 aliphatic heterocycles. The Morgan fingerprint density at radius 1 is 1.33 bits per heavy atom. The van der Waals surface area contributed by atoms with Gasteiger partial charge in [0.1, 0.15) is 0 Å². The highest BCUT2D eigenvalue weighted by atomic mass is 28.3. The summed E-state index contributed by atoms with van der Waals surface area (Å²) in [6.45, 7) is 7.30. The zero-order valence-electron chi connectivity index (χ0n) is 5.97. The highest BCUT2D eigenvalue weighted by Crippen LogP contribution is 2.00. The van der Waals surface area contributed by atoms with E-state index in [2.05, 4.69) is 13.2 Å². The van der Waals surface area contributed by atoms with Crippen molar-refractivity contribution in [3.8, 4) is 0 Å². The van der Waals surface area contributed by atoms with E-state index in [-0.39, 0.29) is 0 Å². The zero-order chi connectivity index (χ0) is 7.11. The summed E-state index contributed by atoms with van der Waals surface area (Å²) in [7, 11) is 0.819. The molecule has 0 atom stereocenters. The van der Waals surface area contributed by atoms with E-state index in [0.29, 0.717) is 0 Å². The fraction of sp³-hybridized carbons (Fsp3) is 0.429. The molecule has 2 heteroatoms. The summed E-state index contributed by atoms with van der Waals surface area (Å²) >= 11 is 0. The van der Waals surface area contributed by atoms with Crippen LogP contribution in [0, 0.1) is 0 Å². The lowest BCUT2D eigenvalue weighted by molar-refractivity contribution is 0.423. The third-order valence-corrected chi connectivity index (χ3v) is 3.58. The SMILES string of the molecule is C=CC[SiH](CC=C)OC. The van der Waals surface area contributed by atoms with Crippen LogP contribution in [0.2, 0.25) is 12.1 Å². The fourth-order valence-electron chi connectivity index (χ4n) is 0.660. The lowest BCUT2D eigenvalue weighted by Crippen LogP contribution is -2.12. The molecular formula is C7H14OSi. The van der Waals surface area contributed by atoms with Crippen molar-refractivity contribution in [2.75, 3.05) is 7.11 Å². The monoisotopic (exact) mass is 142 g/mol. The summed E-state index contributed by atoms with van der Waals surface area (Å²) in [6.07, 6.45) is 3.84. The number of rotatable bonds is 5. The predicted molar refractivity (Wildman–Crippen MR) is 44.2 cm³/mol. The van der Waals surface area contributed by atoms with E-state index in [4.69, 9.17) is 4.43 Å². The van der Waals surface area contributed by atoms with Crippen LogP contribution in [-0.4, -0.2) is 16.2 Å². The predicted octanol–water partition coefficient (Wildman–Crippen LogP) is 1.73. The summed E-state index contributed by atoms with van der Waals surface area (Å²) in [4.78, 5) is 0. The van der Waals surface area contributed by atoms with Crippen molar-refractivity contribution in [1.29, 1.82) is 0 Å². The lowest BCUT2D eigenvalue weighted by Gasteiger charge is -2.06. The Labute approximate surface area is 58.8 Å². The standard InChI is InChI=1S/C7H14OSi/c1-4-6-9(8-3)7-5-2/h4-5,9H,1-2,6-7H2,3H3. The van der Waals surface area contributed by atoms with Gasteiger partial charge in [-0.15, -0.1) is 13.2 Å². The van der Waals surface area contributed by atoms with Gasteiger partial charge in [-0.2, -0.15) is 0 Å². The molecular weight excluding hydrogens is 128 g/mol. The highest BCUT2D eigenvalue weighted by molar-refractivity contribution is 6.52. The molecule has 0 amide bonds. The Hall–Kier alpha value is -0.343. The second-order valence-electron chi connectivity index (χ2n) is 1.91. The Balaban J connectivity index is 3.39. The van der Waals surface area contributed by atoms with E-state index in [1.807, 2.05) is 12.2 Å². The molecule has 0 rings (SSSR count). The Bertz CT molecular complexity index is 80.9. The van der Waals surface area contributed by atoms with Crippen LogP contribution in [0.5, 0.6) is 0 Å². The molecule has 0 saturated carbocycles. The molecule has 0 aromatic carbocycles. The van der Waals surface area contributed by atoms with Crippen LogP contribution in [-0.2, 0) is 4.43 Å². The first kappa shape index (κ1) is 8.66. The number of hydrogen-bond donors (Lipinski definition) is 0. The maximum atomic E-state index is 5.23.